The molecular weight excluding hydrogens is 292 g/mol. The van der Waals surface area contributed by atoms with E-state index in [1.165, 1.54) is 25.0 Å². The van der Waals surface area contributed by atoms with Crippen LogP contribution in [0.1, 0.15) is 54.4 Å². The van der Waals surface area contributed by atoms with Crippen molar-refractivity contribution in [2.24, 2.45) is 5.41 Å². The molecule has 4 heteroatoms. The summed E-state index contributed by atoms with van der Waals surface area (Å²) < 4.78 is 10.3. The number of esters is 2. The van der Waals surface area contributed by atoms with Crippen LogP contribution in [0.15, 0.2) is 34.9 Å². The Morgan fingerprint density at radius 2 is 1.87 bits per heavy atom. The number of carbonyl (C=O) groups excluding carboxylic acids is 2. The molecule has 0 aromatic heterocycles. The van der Waals surface area contributed by atoms with Crippen molar-refractivity contribution < 1.29 is 19.1 Å². The monoisotopic (exact) mass is 320 g/mol. The SMILES string of the molecule is CC(=O)OC/C=C(C)/C=C/C1=C(C)C[C@@H](OC(C)=O)CC1(C)C. The molecule has 0 amide bonds. The fraction of sp³-hybridized carbons (Fsp3) is 0.579. The van der Waals surface area contributed by atoms with Crippen LogP contribution in [-0.4, -0.2) is 24.6 Å². The van der Waals surface area contributed by atoms with Gasteiger partial charge in [0.25, 0.3) is 0 Å². The highest BCUT2D eigenvalue weighted by atomic mass is 16.5. The number of allylic oxidation sites excluding steroid dienone is 4. The summed E-state index contributed by atoms with van der Waals surface area (Å²) in [5, 5.41) is 0. The van der Waals surface area contributed by atoms with Crippen molar-refractivity contribution in [3.8, 4) is 0 Å². The van der Waals surface area contributed by atoms with Crippen LogP contribution < -0.4 is 0 Å². The second kappa shape index (κ2) is 8.14. The molecule has 0 heterocycles. The van der Waals surface area contributed by atoms with E-state index in [1.807, 2.05) is 19.1 Å². The van der Waals surface area contributed by atoms with Crippen molar-refractivity contribution in [2.75, 3.05) is 6.61 Å². The molecule has 0 fully saturated rings. The molecule has 1 atom stereocenters. The second-order valence-corrected chi connectivity index (χ2v) is 6.80. The Labute approximate surface area is 139 Å². The van der Waals surface area contributed by atoms with Crippen LogP contribution in [0.5, 0.6) is 0 Å². The van der Waals surface area contributed by atoms with E-state index in [1.54, 1.807) is 0 Å². The van der Waals surface area contributed by atoms with Crippen LogP contribution in [0.3, 0.4) is 0 Å². The predicted octanol–water partition coefficient (Wildman–Crippen LogP) is 4.12. The first kappa shape index (κ1) is 19.2. The third-order valence-electron chi connectivity index (χ3n) is 4.00. The minimum absolute atomic E-state index is 0.0414. The lowest BCUT2D eigenvalue weighted by atomic mass is 9.71. The van der Waals surface area contributed by atoms with Crippen LogP contribution in [0.2, 0.25) is 0 Å². The summed E-state index contributed by atoms with van der Waals surface area (Å²) in [5.41, 5.74) is 3.52. The molecule has 0 aromatic rings. The molecule has 1 rings (SSSR count). The highest BCUT2D eigenvalue weighted by Crippen LogP contribution is 2.42. The summed E-state index contributed by atoms with van der Waals surface area (Å²) in [4.78, 5) is 21.9. The molecule has 0 N–H and O–H groups in total. The first-order valence-electron chi connectivity index (χ1n) is 7.97. The van der Waals surface area contributed by atoms with Crippen molar-refractivity contribution in [2.45, 2.75) is 60.5 Å². The molecule has 4 nitrogen and oxygen atoms in total. The zero-order valence-corrected chi connectivity index (χ0v) is 15.1. The van der Waals surface area contributed by atoms with E-state index in [2.05, 4.69) is 26.8 Å². The maximum absolute atomic E-state index is 11.2. The van der Waals surface area contributed by atoms with Crippen LogP contribution in [-0.2, 0) is 19.1 Å². The number of hydrogen-bond donors (Lipinski definition) is 0. The summed E-state index contributed by atoms with van der Waals surface area (Å²) in [6.07, 6.45) is 7.60. The second-order valence-electron chi connectivity index (χ2n) is 6.80. The Hall–Kier alpha value is -1.84. The molecule has 0 aromatic carbocycles. The van der Waals surface area contributed by atoms with Gasteiger partial charge in [-0.2, -0.15) is 0 Å². The molecular formula is C19H28O4. The lowest BCUT2D eigenvalue weighted by Crippen LogP contribution is -2.31. The van der Waals surface area contributed by atoms with Crippen LogP contribution in [0.25, 0.3) is 0 Å². The lowest BCUT2D eigenvalue weighted by molar-refractivity contribution is -0.147. The first-order valence-corrected chi connectivity index (χ1v) is 7.97. The smallest absolute Gasteiger partial charge is 0.302 e. The van der Waals surface area contributed by atoms with Crippen molar-refractivity contribution >= 4 is 11.9 Å². The van der Waals surface area contributed by atoms with Crippen LogP contribution >= 0.6 is 0 Å². The summed E-state index contributed by atoms with van der Waals surface area (Å²) in [5.74, 6) is -0.497. The van der Waals surface area contributed by atoms with Crippen molar-refractivity contribution in [1.29, 1.82) is 0 Å². The Morgan fingerprint density at radius 3 is 2.39 bits per heavy atom. The highest BCUT2D eigenvalue weighted by molar-refractivity contribution is 5.66. The molecule has 128 valence electrons. The van der Waals surface area contributed by atoms with E-state index in [0.717, 1.165) is 18.4 Å². The number of rotatable bonds is 5. The molecule has 0 unspecified atom stereocenters. The Balaban J connectivity index is 2.83. The Kier molecular flexibility index (Phi) is 6.79. The molecule has 0 bridgehead atoms. The van der Waals surface area contributed by atoms with Gasteiger partial charge in [-0.05, 0) is 37.3 Å². The predicted molar refractivity (Wildman–Crippen MR) is 90.8 cm³/mol. The minimum Gasteiger partial charge on any atom is -0.462 e. The van der Waals surface area contributed by atoms with Gasteiger partial charge in [0, 0.05) is 20.3 Å². The summed E-state index contributed by atoms with van der Waals surface area (Å²) in [7, 11) is 0. The van der Waals surface area contributed by atoms with E-state index < -0.39 is 0 Å². The van der Waals surface area contributed by atoms with Crippen LogP contribution in [0, 0.1) is 5.41 Å². The quantitative estimate of drug-likeness (QED) is 0.565. The van der Waals surface area contributed by atoms with Gasteiger partial charge in [-0.15, -0.1) is 0 Å². The topological polar surface area (TPSA) is 52.6 Å². The van der Waals surface area contributed by atoms with Gasteiger partial charge in [0.15, 0.2) is 0 Å². The van der Waals surface area contributed by atoms with E-state index in [4.69, 9.17) is 9.47 Å². The Morgan fingerprint density at radius 1 is 1.22 bits per heavy atom. The van der Waals surface area contributed by atoms with E-state index >= 15 is 0 Å². The average Bonchev–Trinajstić information content (AvgIpc) is 2.35. The zero-order valence-electron chi connectivity index (χ0n) is 15.1. The molecule has 0 radical (unpaired) electrons. The number of ether oxygens (including phenoxy) is 2. The standard InChI is InChI=1S/C19H28O4/c1-13(9-10-22-15(3)20)7-8-18-14(2)11-17(23-16(4)21)12-19(18,5)6/h7-9,17H,10-12H2,1-6H3/b8-7+,13-9+/t17-/m1/s1. The van der Waals surface area contributed by atoms with Gasteiger partial charge in [-0.25, -0.2) is 0 Å². The normalized spacial score (nSPS) is 21.5. The van der Waals surface area contributed by atoms with Crippen LogP contribution in [0.4, 0.5) is 0 Å². The van der Waals surface area contributed by atoms with Gasteiger partial charge in [-0.1, -0.05) is 37.1 Å². The van der Waals surface area contributed by atoms with E-state index in [-0.39, 0.29) is 23.5 Å². The fourth-order valence-electron chi connectivity index (χ4n) is 3.04. The largest absolute Gasteiger partial charge is 0.462 e. The molecule has 23 heavy (non-hydrogen) atoms. The van der Waals surface area contributed by atoms with Gasteiger partial charge in [0.05, 0.1) is 0 Å². The maximum atomic E-state index is 11.2. The zero-order chi connectivity index (χ0) is 17.6. The van der Waals surface area contributed by atoms with Gasteiger partial charge in [0.2, 0.25) is 0 Å². The summed E-state index contributed by atoms with van der Waals surface area (Å²) in [6.45, 7) is 11.6. The molecule has 0 spiro atoms. The van der Waals surface area contributed by atoms with Crippen molar-refractivity contribution in [1.82, 2.24) is 0 Å². The number of carbonyl (C=O) groups is 2. The first-order chi connectivity index (χ1) is 10.6. The Bertz CT molecular complexity index is 550. The molecule has 1 aliphatic carbocycles. The molecule has 0 saturated carbocycles. The molecule has 1 aliphatic rings. The fourth-order valence-corrected chi connectivity index (χ4v) is 3.04. The highest BCUT2D eigenvalue weighted by Gasteiger charge is 2.33. The summed E-state index contributed by atoms with van der Waals surface area (Å²) >= 11 is 0. The molecule has 0 aliphatic heterocycles. The minimum atomic E-state index is -0.276. The summed E-state index contributed by atoms with van der Waals surface area (Å²) in [6, 6.07) is 0. The lowest BCUT2D eigenvalue weighted by Gasteiger charge is -2.37. The van der Waals surface area contributed by atoms with Gasteiger partial charge in [-0.3, -0.25) is 9.59 Å². The molecule has 0 saturated heterocycles. The third-order valence-corrected chi connectivity index (χ3v) is 4.00. The van der Waals surface area contributed by atoms with Gasteiger partial charge in [0.1, 0.15) is 12.7 Å². The number of hydrogen-bond acceptors (Lipinski definition) is 4. The van der Waals surface area contributed by atoms with E-state index in [9.17, 15) is 9.59 Å². The van der Waals surface area contributed by atoms with Crippen molar-refractivity contribution in [3.05, 3.63) is 34.9 Å². The van der Waals surface area contributed by atoms with Gasteiger partial charge >= 0.3 is 11.9 Å². The maximum Gasteiger partial charge on any atom is 0.302 e. The van der Waals surface area contributed by atoms with E-state index in [0.29, 0.717) is 6.61 Å². The van der Waals surface area contributed by atoms with Crippen molar-refractivity contribution in [3.63, 3.8) is 0 Å². The average molecular weight is 320 g/mol. The van der Waals surface area contributed by atoms with Gasteiger partial charge < -0.3 is 9.47 Å². The third kappa shape index (κ3) is 6.43.